The molecule has 3 aromatic carbocycles. The van der Waals surface area contributed by atoms with E-state index in [1.165, 1.54) is 6.07 Å². The van der Waals surface area contributed by atoms with Crippen molar-refractivity contribution < 1.29 is 9.18 Å². The Morgan fingerprint density at radius 3 is 2.46 bits per heavy atom. The maximum Gasteiger partial charge on any atom is 0.252 e. The second-order valence-corrected chi connectivity index (χ2v) is 6.79. The van der Waals surface area contributed by atoms with E-state index in [-0.39, 0.29) is 18.3 Å². The van der Waals surface area contributed by atoms with Crippen LogP contribution in [0.15, 0.2) is 78.9 Å². The topological polar surface area (TPSA) is 42.0 Å². The number of rotatable bonds is 4. The number of halogens is 2. The molecular weight excluding hydrogens is 375 g/mol. The number of aromatic nitrogens is 1. The van der Waals surface area contributed by atoms with Crippen molar-refractivity contribution in [3.63, 3.8) is 0 Å². The molecule has 1 amide bonds. The third kappa shape index (κ3) is 3.73. The minimum Gasteiger partial charge on any atom is -0.348 e. The van der Waals surface area contributed by atoms with E-state index >= 15 is 0 Å². The summed E-state index contributed by atoms with van der Waals surface area (Å²) in [6, 6.07) is 22.9. The highest BCUT2D eigenvalue weighted by atomic mass is 35.5. The highest BCUT2D eigenvalue weighted by molar-refractivity contribution is 6.30. The van der Waals surface area contributed by atoms with Gasteiger partial charge in [-0.1, -0.05) is 60.1 Å². The summed E-state index contributed by atoms with van der Waals surface area (Å²) in [5.41, 5.74) is 3.18. The molecule has 0 aliphatic carbocycles. The number of fused-ring (bicyclic) bond motifs is 1. The Balaban J connectivity index is 1.71. The Hall–Kier alpha value is -3.24. The van der Waals surface area contributed by atoms with Gasteiger partial charge in [0.05, 0.1) is 16.8 Å². The van der Waals surface area contributed by atoms with Crippen LogP contribution in [-0.4, -0.2) is 10.9 Å². The maximum atomic E-state index is 13.8. The molecule has 4 rings (SSSR count). The number of benzene rings is 3. The zero-order valence-electron chi connectivity index (χ0n) is 14.8. The molecule has 3 nitrogen and oxygen atoms in total. The fourth-order valence-corrected chi connectivity index (χ4v) is 3.17. The van der Waals surface area contributed by atoms with E-state index in [4.69, 9.17) is 11.6 Å². The normalized spacial score (nSPS) is 10.8. The predicted molar refractivity (Wildman–Crippen MR) is 110 cm³/mol. The van der Waals surface area contributed by atoms with Crippen LogP contribution in [0.2, 0.25) is 5.02 Å². The van der Waals surface area contributed by atoms with Gasteiger partial charge >= 0.3 is 0 Å². The lowest BCUT2D eigenvalue weighted by Crippen LogP contribution is -2.23. The standard InChI is InChI=1S/C23H16ClFN2O/c24-17-11-9-15(10-12-17)22-13-19(18-6-2-4-8-21(18)27-22)23(28)26-14-16-5-1-3-7-20(16)25/h1-13H,14H2,(H,26,28). The first-order valence-electron chi connectivity index (χ1n) is 8.79. The van der Waals surface area contributed by atoms with Gasteiger partial charge in [0, 0.05) is 28.1 Å². The van der Waals surface area contributed by atoms with E-state index in [0.717, 1.165) is 10.9 Å². The second kappa shape index (κ2) is 7.79. The van der Waals surface area contributed by atoms with Crippen molar-refractivity contribution in [2.75, 3.05) is 0 Å². The van der Waals surface area contributed by atoms with E-state index in [9.17, 15) is 9.18 Å². The summed E-state index contributed by atoms with van der Waals surface area (Å²) >= 11 is 5.97. The molecule has 0 atom stereocenters. The van der Waals surface area contributed by atoms with E-state index in [1.54, 1.807) is 36.4 Å². The average molecular weight is 391 g/mol. The molecule has 1 aromatic heterocycles. The van der Waals surface area contributed by atoms with Crippen LogP contribution < -0.4 is 5.32 Å². The van der Waals surface area contributed by atoms with Crippen LogP contribution in [0.3, 0.4) is 0 Å². The van der Waals surface area contributed by atoms with Gasteiger partial charge in [-0.05, 0) is 30.3 Å². The number of nitrogens with one attached hydrogen (secondary N) is 1. The molecule has 0 bridgehead atoms. The summed E-state index contributed by atoms with van der Waals surface area (Å²) in [4.78, 5) is 17.6. The molecule has 1 N–H and O–H groups in total. The fourth-order valence-electron chi connectivity index (χ4n) is 3.04. The molecule has 138 valence electrons. The van der Waals surface area contributed by atoms with Crippen LogP contribution in [-0.2, 0) is 6.54 Å². The molecule has 0 radical (unpaired) electrons. The van der Waals surface area contributed by atoms with Gasteiger partial charge in [-0.15, -0.1) is 0 Å². The highest BCUT2D eigenvalue weighted by Crippen LogP contribution is 2.26. The Morgan fingerprint density at radius 1 is 0.964 bits per heavy atom. The van der Waals surface area contributed by atoms with Crippen molar-refractivity contribution in [2.24, 2.45) is 0 Å². The zero-order valence-corrected chi connectivity index (χ0v) is 15.6. The molecule has 0 saturated heterocycles. The quantitative estimate of drug-likeness (QED) is 0.491. The lowest BCUT2D eigenvalue weighted by atomic mass is 10.0. The van der Waals surface area contributed by atoms with Gasteiger partial charge in [-0.25, -0.2) is 9.37 Å². The molecule has 28 heavy (non-hydrogen) atoms. The number of hydrogen-bond donors (Lipinski definition) is 1. The van der Waals surface area contributed by atoms with Crippen LogP contribution >= 0.6 is 11.6 Å². The highest BCUT2D eigenvalue weighted by Gasteiger charge is 2.14. The lowest BCUT2D eigenvalue weighted by Gasteiger charge is -2.11. The average Bonchev–Trinajstić information content (AvgIpc) is 2.72. The molecule has 0 saturated carbocycles. The number of para-hydroxylation sites is 1. The molecule has 0 aliphatic heterocycles. The first kappa shape index (κ1) is 18.1. The molecule has 0 fully saturated rings. The minimum absolute atomic E-state index is 0.110. The number of carbonyl (C=O) groups is 1. The van der Waals surface area contributed by atoms with E-state index in [0.29, 0.717) is 27.4 Å². The Kier molecular flexibility index (Phi) is 5.04. The van der Waals surface area contributed by atoms with E-state index in [1.807, 2.05) is 36.4 Å². The number of hydrogen-bond acceptors (Lipinski definition) is 2. The first-order valence-corrected chi connectivity index (χ1v) is 9.17. The van der Waals surface area contributed by atoms with Gasteiger partial charge in [0.15, 0.2) is 0 Å². The first-order chi connectivity index (χ1) is 13.6. The van der Waals surface area contributed by atoms with Crippen LogP contribution in [0.25, 0.3) is 22.2 Å². The SMILES string of the molecule is O=C(NCc1ccccc1F)c1cc(-c2ccc(Cl)cc2)nc2ccccc12. The molecule has 1 heterocycles. The van der Waals surface area contributed by atoms with Crippen LogP contribution in [0.1, 0.15) is 15.9 Å². The van der Waals surface area contributed by atoms with Crippen molar-refractivity contribution in [2.45, 2.75) is 6.54 Å². The molecule has 0 aliphatic rings. The van der Waals surface area contributed by atoms with Gasteiger partial charge in [0.25, 0.3) is 5.91 Å². The molecule has 0 spiro atoms. The van der Waals surface area contributed by atoms with E-state index < -0.39 is 0 Å². The largest absolute Gasteiger partial charge is 0.348 e. The van der Waals surface area contributed by atoms with Crippen LogP contribution in [0, 0.1) is 5.82 Å². The third-order valence-corrected chi connectivity index (χ3v) is 4.75. The van der Waals surface area contributed by atoms with Gasteiger partial charge in [-0.2, -0.15) is 0 Å². The lowest BCUT2D eigenvalue weighted by molar-refractivity contribution is 0.0952. The number of carbonyl (C=O) groups excluding carboxylic acids is 1. The Labute approximate surface area is 166 Å². The monoisotopic (exact) mass is 390 g/mol. The maximum absolute atomic E-state index is 13.8. The summed E-state index contributed by atoms with van der Waals surface area (Å²) in [6.07, 6.45) is 0. The summed E-state index contributed by atoms with van der Waals surface area (Å²) in [6.45, 7) is 0.110. The molecular formula is C23H16ClFN2O. The van der Waals surface area contributed by atoms with Crippen molar-refractivity contribution >= 4 is 28.4 Å². The van der Waals surface area contributed by atoms with Gasteiger partial charge < -0.3 is 5.32 Å². The predicted octanol–water partition coefficient (Wildman–Crippen LogP) is 5.62. The second-order valence-electron chi connectivity index (χ2n) is 6.35. The van der Waals surface area contributed by atoms with Gasteiger partial charge in [0.2, 0.25) is 0 Å². The smallest absolute Gasteiger partial charge is 0.252 e. The van der Waals surface area contributed by atoms with Crippen LogP contribution in [0.4, 0.5) is 4.39 Å². The van der Waals surface area contributed by atoms with Crippen LogP contribution in [0.5, 0.6) is 0 Å². The van der Waals surface area contributed by atoms with E-state index in [2.05, 4.69) is 10.3 Å². The van der Waals surface area contributed by atoms with Crippen molar-refractivity contribution in [1.29, 1.82) is 0 Å². The number of nitrogens with zero attached hydrogens (tertiary/aromatic N) is 1. The zero-order chi connectivity index (χ0) is 19.5. The Morgan fingerprint density at radius 2 is 1.68 bits per heavy atom. The van der Waals surface area contributed by atoms with Gasteiger partial charge in [-0.3, -0.25) is 4.79 Å². The minimum atomic E-state index is -0.343. The summed E-state index contributed by atoms with van der Waals surface area (Å²) in [5.74, 6) is -0.624. The van der Waals surface area contributed by atoms with Crippen molar-refractivity contribution in [3.05, 3.63) is 101 Å². The summed E-state index contributed by atoms with van der Waals surface area (Å²) in [5, 5.41) is 4.18. The fraction of sp³-hybridized carbons (Fsp3) is 0.0435. The molecule has 4 aromatic rings. The number of pyridine rings is 1. The third-order valence-electron chi connectivity index (χ3n) is 4.50. The molecule has 0 unspecified atom stereocenters. The van der Waals surface area contributed by atoms with Gasteiger partial charge in [0.1, 0.15) is 5.82 Å². The molecule has 5 heteroatoms. The Bertz CT molecular complexity index is 1160. The summed E-state index contributed by atoms with van der Waals surface area (Å²) in [7, 11) is 0. The summed E-state index contributed by atoms with van der Waals surface area (Å²) < 4.78 is 13.8. The van der Waals surface area contributed by atoms with Crippen molar-refractivity contribution in [1.82, 2.24) is 10.3 Å². The number of amides is 1. The van der Waals surface area contributed by atoms with Crippen molar-refractivity contribution in [3.8, 4) is 11.3 Å².